The highest BCUT2D eigenvalue weighted by atomic mass is 16.3. The smallest absolute Gasteiger partial charge is 0.257 e. The Morgan fingerprint density at radius 2 is 2.12 bits per heavy atom. The Bertz CT molecular complexity index is 899. The summed E-state index contributed by atoms with van der Waals surface area (Å²) in [6, 6.07) is 12.8. The number of oxazole rings is 1. The molecule has 0 radical (unpaired) electrons. The van der Waals surface area contributed by atoms with Crippen LogP contribution in [0.25, 0.3) is 11.1 Å². The predicted molar refractivity (Wildman–Crippen MR) is 94.7 cm³/mol. The minimum atomic E-state index is -0.140. The fourth-order valence-electron chi connectivity index (χ4n) is 3.42. The largest absolute Gasteiger partial charge is 0.507 e. The molecule has 0 saturated carbocycles. The van der Waals surface area contributed by atoms with Crippen LogP contribution < -0.4 is 0 Å². The molecule has 2 heterocycles. The molecule has 0 spiro atoms. The van der Waals surface area contributed by atoms with E-state index in [9.17, 15) is 9.90 Å². The van der Waals surface area contributed by atoms with Crippen molar-refractivity contribution in [2.24, 2.45) is 0 Å². The molecule has 25 heavy (non-hydrogen) atoms. The first-order chi connectivity index (χ1) is 12.1. The molecule has 0 aliphatic carbocycles. The van der Waals surface area contributed by atoms with Crippen LogP contribution in [-0.4, -0.2) is 34.0 Å². The summed E-state index contributed by atoms with van der Waals surface area (Å²) >= 11 is 0. The van der Waals surface area contributed by atoms with E-state index in [1.54, 1.807) is 17.0 Å². The van der Waals surface area contributed by atoms with E-state index < -0.39 is 0 Å². The molecule has 1 atom stereocenters. The third-order valence-electron chi connectivity index (χ3n) is 4.75. The Kier molecular flexibility index (Phi) is 3.92. The fraction of sp³-hybridized carbons (Fsp3) is 0.300. The highest BCUT2D eigenvalue weighted by Gasteiger charge is 2.29. The zero-order chi connectivity index (χ0) is 17.4. The van der Waals surface area contributed by atoms with Crippen LogP contribution >= 0.6 is 0 Å². The van der Waals surface area contributed by atoms with Gasteiger partial charge in [-0.05, 0) is 49.6 Å². The molecule has 1 aliphatic rings. The van der Waals surface area contributed by atoms with Crippen LogP contribution in [0, 0.1) is 6.92 Å². The third kappa shape index (κ3) is 2.97. The lowest BCUT2D eigenvalue weighted by molar-refractivity contribution is 0.0696. The topological polar surface area (TPSA) is 66.6 Å². The first-order valence-corrected chi connectivity index (χ1v) is 8.56. The number of hydrogen-bond donors (Lipinski definition) is 1. The average molecular weight is 336 g/mol. The summed E-state index contributed by atoms with van der Waals surface area (Å²) in [5, 5.41) is 10.1. The summed E-state index contributed by atoms with van der Waals surface area (Å²) in [4.78, 5) is 19.2. The summed E-state index contributed by atoms with van der Waals surface area (Å²) in [6.07, 6.45) is 1.83. The van der Waals surface area contributed by atoms with E-state index in [1.807, 2.05) is 37.3 Å². The number of phenols is 1. The number of aromatic nitrogens is 1. The Balaban J connectivity index is 1.57. The normalized spacial score (nSPS) is 17.8. The molecule has 1 unspecified atom stereocenters. The van der Waals surface area contributed by atoms with Gasteiger partial charge in [0.1, 0.15) is 11.3 Å². The third-order valence-corrected chi connectivity index (χ3v) is 4.75. The van der Waals surface area contributed by atoms with Gasteiger partial charge in [-0.3, -0.25) is 4.79 Å². The van der Waals surface area contributed by atoms with Gasteiger partial charge < -0.3 is 14.4 Å². The molecule has 1 aromatic heterocycles. The summed E-state index contributed by atoms with van der Waals surface area (Å²) in [6.45, 7) is 3.12. The zero-order valence-electron chi connectivity index (χ0n) is 14.1. The lowest BCUT2D eigenvalue weighted by Crippen LogP contribution is -2.39. The van der Waals surface area contributed by atoms with Crippen molar-refractivity contribution in [3.05, 3.63) is 59.5 Å². The Hall–Kier alpha value is -2.82. The number of likely N-dealkylation sites (tertiary alicyclic amines) is 1. The number of nitrogens with zero attached hydrogens (tertiary/aromatic N) is 2. The van der Waals surface area contributed by atoms with Gasteiger partial charge in [-0.25, -0.2) is 4.98 Å². The molecule has 3 aromatic rings. The number of fused-ring (bicyclic) bond motifs is 1. The number of carbonyl (C=O) groups is 1. The number of benzene rings is 2. The van der Waals surface area contributed by atoms with Crippen molar-refractivity contribution in [1.82, 2.24) is 9.88 Å². The van der Waals surface area contributed by atoms with E-state index in [0.29, 0.717) is 24.5 Å². The van der Waals surface area contributed by atoms with Crippen molar-refractivity contribution < 1.29 is 14.3 Å². The fourth-order valence-corrected chi connectivity index (χ4v) is 3.42. The quantitative estimate of drug-likeness (QED) is 0.771. The minimum Gasteiger partial charge on any atom is -0.507 e. The van der Waals surface area contributed by atoms with Crippen molar-refractivity contribution in [3.63, 3.8) is 0 Å². The summed E-state index contributed by atoms with van der Waals surface area (Å²) < 4.78 is 5.88. The second-order valence-corrected chi connectivity index (χ2v) is 6.63. The van der Waals surface area contributed by atoms with Gasteiger partial charge in [-0.2, -0.15) is 0 Å². The number of carbonyl (C=O) groups excluding carboxylic acids is 1. The standard InChI is InChI=1S/C20H20N2O3/c1-13-8-9-15(17(23)11-13)20(24)22-10-4-5-14(12-22)19-21-16-6-2-3-7-18(16)25-19/h2-3,6-9,11,14,23H,4-5,10,12H2,1H3. The van der Waals surface area contributed by atoms with Gasteiger partial charge in [0, 0.05) is 13.1 Å². The van der Waals surface area contributed by atoms with Crippen LogP contribution in [0.4, 0.5) is 0 Å². The number of piperidine rings is 1. The maximum Gasteiger partial charge on any atom is 0.257 e. The second kappa shape index (κ2) is 6.24. The zero-order valence-corrected chi connectivity index (χ0v) is 14.1. The Morgan fingerprint density at radius 1 is 1.28 bits per heavy atom. The van der Waals surface area contributed by atoms with Crippen molar-refractivity contribution in [3.8, 4) is 5.75 Å². The highest BCUT2D eigenvalue weighted by Crippen LogP contribution is 2.30. The summed E-state index contributed by atoms with van der Waals surface area (Å²) in [5.41, 5.74) is 2.90. The molecule has 0 bridgehead atoms. The van der Waals surface area contributed by atoms with Crippen LogP contribution in [0.5, 0.6) is 5.75 Å². The number of aryl methyl sites for hydroxylation is 1. The van der Waals surface area contributed by atoms with Gasteiger partial charge in [-0.15, -0.1) is 0 Å². The first-order valence-electron chi connectivity index (χ1n) is 8.56. The second-order valence-electron chi connectivity index (χ2n) is 6.63. The highest BCUT2D eigenvalue weighted by molar-refractivity contribution is 5.97. The van der Waals surface area contributed by atoms with Crippen LogP contribution in [0.1, 0.15) is 40.6 Å². The first kappa shape index (κ1) is 15.7. The maximum atomic E-state index is 12.8. The van der Waals surface area contributed by atoms with Gasteiger partial charge >= 0.3 is 0 Å². The minimum absolute atomic E-state index is 0.0361. The van der Waals surface area contributed by atoms with E-state index in [2.05, 4.69) is 4.98 Å². The summed E-state index contributed by atoms with van der Waals surface area (Å²) in [5.74, 6) is 0.664. The van der Waals surface area contributed by atoms with Crippen molar-refractivity contribution in [2.75, 3.05) is 13.1 Å². The molecule has 4 rings (SSSR count). The van der Waals surface area contributed by atoms with Crippen LogP contribution in [-0.2, 0) is 0 Å². The van der Waals surface area contributed by atoms with Crippen molar-refractivity contribution in [2.45, 2.75) is 25.7 Å². The van der Waals surface area contributed by atoms with E-state index >= 15 is 0 Å². The molecule has 2 aromatic carbocycles. The number of para-hydroxylation sites is 2. The van der Waals surface area contributed by atoms with E-state index in [0.717, 1.165) is 29.5 Å². The molecule has 1 saturated heterocycles. The van der Waals surface area contributed by atoms with Gasteiger partial charge in [0.05, 0.1) is 11.5 Å². The van der Waals surface area contributed by atoms with Gasteiger partial charge in [-0.1, -0.05) is 18.2 Å². The number of phenolic OH excluding ortho intramolecular Hbond substituents is 1. The molecule has 1 amide bonds. The van der Waals surface area contributed by atoms with Crippen LogP contribution in [0.3, 0.4) is 0 Å². The predicted octanol–water partition coefficient (Wildman–Crippen LogP) is 3.86. The average Bonchev–Trinajstić information content (AvgIpc) is 3.05. The van der Waals surface area contributed by atoms with Crippen LogP contribution in [0.2, 0.25) is 0 Å². The number of rotatable bonds is 2. The molecular weight excluding hydrogens is 316 g/mol. The molecule has 128 valence electrons. The van der Waals surface area contributed by atoms with Gasteiger partial charge in [0.25, 0.3) is 5.91 Å². The molecule has 1 aliphatic heterocycles. The molecule has 5 nitrogen and oxygen atoms in total. The van der Waals surface area contributed by atoms with E-state index in [1.165, 1.54) is 0 Å². The Labute approximate surface area is 145 Å². The molecule has 5 heteroatoms. The lowest BCUT2D eigenvalue weighted by atomic mass is 9.97. The van der Waals surface area contributed by atoms with Gasteiger partial charge in [0.15, 0.2) is 11.5 Å². The SMILES string of the molecule is Cc1ccc(C(=O)N2CCCC(c3nc4ccccc4o3)C2)c(O)c1. The number of amides is 1. The summed E-state index contributed by atoms with van der Waals surface area (Å²) in [7, 11) is 0. The number of aromatic hydroxyl groups is 1. The van der Waals surface area contributed by atoms with E-state index in [-0.39, 0.29) is 17.6 Å². The molecular formula is C20H20N2O3. The monoisotopic (exact) mass is 336 g/mol. The Morgan fingerprint density at radius 3 is 2.92 bits per heavy atom. The maximum absolute atomic E-state index is 12.8. The van der Waals surface area contributed by atoms with E-state index in [4.69, 9.17) is 4.42 Å². The van der Waals surface area contributed by atoms with Crippen LogP contribution in [0.15, 0.2) is 46.9 Å². The molecule has 1 N–H and O–H groups in total. The van der Waals surface area contributed by atoms with Crippen molar-refractivity contribution >= 4 is 17.0 Å². The van der Waals surface area contributed by atoms with Gasteiger partial charge in [0.2, 0.25) is 0 Å². The molecule has 1 fully saturated rings. The van der Waals surface area contributed by atoms with Crippen molar-refractivity contribution in [1.29, 1.82) is 0 Å². The lowest BCUT2D eigenvalue weighted by Gasteiger charge is -2.31. The number of hydrogen-bond acceptors (Lipinski definition) is 4.